The van der Waals surface area contributed by atoms with Gasteiger partial charge in [0.15, 0.2) is 0 Å². The number of fused-ring (bicyclic) bond motifs is 1. The highest BCUT2D eigenvalue weighted by Crippen LogP contribution is 2.47. The van der Waals surface area contributed by atoms with Crippen LogP contribution in [0.2, 0.25) is 0 Å². The molecule has 0 radical (unpaired) electrons. The van der Waals surface area contributed by atoms with Crippen LogP contribution in [0.15, 0.2) is 0 Å². The maximum atomic E-state index is 10.9. The van der Waals surface area contributed by atoms with Crippen molar-refractivity contribution in [3.63, 3.8) is 0 Å². The van der Waals surface area contributed by atoms with Crippen molar-refractivity contribution >= 4 is 5.78 Å². The van der Waals surface area contributed by atoms with E-state index in [0.29, 0.717) is 29.8 Å². The van der Waals surface area contributed by atoms with E-state index in [4.69, 9.17) is 4.74 Å². The molecule has 2 nitrogen and oxygen atoms in total. The van der Waals surface area contributed by atoms with Gasteiger partial charge in [0.2, 0.25) is 0 Å². The van der Waals surface area contributed by atoms with Crippen LogP contribution in [-0.2, 0) is 9.53 Å². The van der Waals surface area contributed by atoms with Crippen LogP contribution >= 0.6 is 0 Å². The fraction of sp³-hybridized carbons (Fsp3) is 0.889. The van der Waals surface area contributed by atoms with Gasteiger partial charge >= 0.3 is 0 Å². The number of ether oxygens (including phenoxy) is 1. The maximum Gasteiger partial charge on any atom is 0.137 e. The Balaban J connectivity index is 1.66. The summed E-state index contributed by atoms with van der Waals surface area (Å²) in [4.78, 5) is 10.9. The van der Waals surface area contributed by atoms with Crippen LogP contribution in [0.1, 0.15) is 25.7 Å². The molecule has 2 saturated carbocycles. The van der Waals surface area contributed by atoms with Crippen molar-refractivity contribution in [3.8, 4) is 0 Å². The van der Waals surface area contributed by atoms with E-state index in [0.717, 1.165) is 6.42 Å². The smallest absolute Gasteiger partial charge is 0.137 e. The van der Waals surface area contributed by atoms with Gasteiger partial charge in [-0.25, -0.2) is 0 Å². The molecule has 3 fully saturated rings. The van der Waals surface area contributed by atoms with Gasteiger partial charge in [-0.05, 0) is 25.2 Å². The molecule has 1 aliphatic heterocycles. The van der Waals surface area contributed by atoms with E-state index in [1.807, 2.05) is 0 Å². The van der Waals surface area contributed by atoms with Gasteiger partial charge in [0.05, 0.1) is 12.2 Å². The number of carbonyl (C=O) groups excluding carboxylic acids is 1. The molecule has 1 saturated heterocycles. The highest BCUT2D eigenvalue weighted by atomic mass is 16.6. The molecule has 3 aliphatic rings. The Morgan fingerprint density at radius 2 is 2.09 bits per heavy atom. The summed E-state index contributed by atoms with van der Waals surface area (Å²) in [7, 11) is 0. The molecule has 1 heterocycles. The molecule has 2 aliphatic carbocycles. The first kappa shape index (κ1) is 6.18. The summed E-state index contributed by atoms with van der Waals surface area (Å²) in [6, 6.07) is 0. The quantitative estimate of drug-likeness (QED) is 0.527. The van der Waals surface area contributed by atoms with Crippen LogP contribution in [0.3, 0.4) is 0 Å². The first-order valence-electron chi connectivity index (χ1n) is 4.53. The first-order chi connectivity index (χ1) is 5.34. The Morgan fingerprint density at radius 1 is 1.27 bits per heavy atom. The number of epoxide rings is 1. The number of Topliss-reactive ketones (excluding diaryl/α,β-unsaturated/α-hetero) is 1. The van der Waals surface area contributed by atoms with E-state index < -0.39 is 0 Å². The Kier molecular flexibility index (Phi) is 1.05. The average Bonchev–Trinajstić information content (AvgIpc) is 2.81. The predicted octanol–water partition coefficient (Wildman–Crippen LogP) is 1.14. The third-order valence-corrected chi connectivity index (χ3v) is 3.29. The van der Waals surface area contributed by atoms with Gasteiger partial charge < -0.3 is 4.74 Å². The molecule has 0 aromatic rings. The third kappa shape index (κ3) is 0.924. The van der Waals surface area contributed by atoms with Crippen LogP contribution in [0.5, 0.6) is 0 Å². The third-order valence-electron chi connectivity index (χ3n) is 3.29. The van der Waals surface area contributed by atoms with Gasteiger partial charge in [-0.1, -0.05) is 0 Å². The molecule has 0 spiro atoms. The second-order valence-corrected chi connectivity index (χ2v) is 4.06. The van der Waals surface area contributed by atoms with Crippen molar-refractivity contribution < 1.29 is 9.53 Å². The SMILES string of the molecule is O=C1CC1C1CCC2OC2C1. The lowest BCUT2D eigenvalue weighted by Crippen LogP contribution is -2.15. The zero-order valence-electron chi connectivity index (χ0n) is 6.45. The fourth-order valence-corrected chi connectivity index (χ4v) is 2.39. The Bertz CT molecular complexity index is 212. The lowest BCUT2D eigenvalue weighted by Gasteiger charge is -2.16. The summed E-state index contributed by atoms with van der Waals surface area (Å²) in [5.74, 6) is 1.63. The van der Waals surface area contributed by atoms with Crippen LogP contribution in [0.4, 0.5) is 0 Å². The number of carbonyl (C=O) groups is 1. The largest absolute Gasteiger partial charge is 0.370 e. The molecule has 0 amide bonds. The van der Waals surface area contributed by atoms with Crippen LogP contribution < -0.4 is 0 Å². The van der Waals surface area contributed by atoms with Crippen LogP contribution in [-0.4, -0.2) is 18.0 Å². The molecule has 4 atom stereocenters. The Morgan fingerprint density at radius 3 is 2.73 bits per heavy atom. The highest BCUT2D eigenvalue weighted by molar-refractivity contribution is 5.96. The molecule has 0 aromatic carbocycles. The molecular weight excluding hydrogens is 140 g/mol. The van der Waals surface area contributed by atoms with Gasteiger partial charge in [0.25, 0.3) is 0 Å². The second-order valence-electron chi connectivity index (χ2n) is 4.06. The fourth-order valence-electron chi connectivity index (χ4n) is 2.39. The highest BCUT2D eigenvalue weighted by Gasteiger charge is 2.50. The van der Waals surface area contributed by atoms with Crippen molar-refractivity contribution in [2.24, 2.45) is 11.8 Å². The topological polar surface area (TPSA) is 29.6 Å². The Hall–Kier alpha value is -0.370. The van der Waals surface area contributed by atoms with Crippen molar-refractivity contribution in [1.29, 1.82) is 0 Å². The molecule has 0 aromatic heterocycles. The van der Waals surface area contributed by atoms with Gasteiger partial charge in [0, 0.05) is 12.3 Å². The molecule has 4 unspecified atom stereocenters. The number of ketones is 1. The van der Waals surface area contributed by atoms with Gasteiger partial charge in [-0.2, -0.15) is 0 Å². The Labute approximate surface area is 65.9 Å². The summed E-state index contributed by atoms with van der Waals surface area (Å²) >= 11 is 0. The average molecular weight is 152 g/mol. The minimum Gasteiger partial charge on any atom is -0.370 e. The number of hydrogen-bond donors (Lipinski definition) is 0. The summed E-state index contributed by atoms with van der Waals surface area (Å²) < 4.78 is 5.41. The summed E-state index contributed by atoms with van der Waals surface area (Å²) in [5, 5.41) is 0. The molecule has 0 bridgehead atoms. The maximum absolute atomic E-state index is 10.9. The number of hydrogen-bond acceptors (Lipinski definition) is 2. The van der Waals surface area contributed by atoms with E-state index in [-0.39, 0.29) is 0 Å². The van der Waals surface area contributed by atoms with E-state index in [1.165, 1.54) is 19.3 Å². The lowest BCUT2D eigenvalue weighted by atomic mass is 9.86. The monoisotopic (exact) mass is 152 g/mol. The van der Waals surface area contributed by atoms with Crippen molar-refractivity contribution in [3.05, 3.63) is 0 Å². The molecule has 0 N–H and O–H groups in total. The van der Waals surface area contributed by atoms with Crippen LogP contribution in [0.25, 0.3) is 0 Å². The standard InChI is InChI=1S/C9H12O2/c10-7-4-6(7)5-1-2-8-9(3-5)11-8/h5-6,8-9H,1-4H2. The second kappa shape index (κ2) is 1.86. The zero-order valence-corrected chi connectivity index (χ0v) is 6.45. The van der Waals surface area contributed by atoms with Gasteiger partial charge in [0.1, 0.15) is 5.78 Å². The summed E-state index contributed by atoms with van der Waals surface area (Å²) in [6.07, 6.45) is 5.60. The number of rotatable bonds is 1. The summed E-state index contributed by atoms with van der Waals surface area (Å²) in [6.45, 7) is 0. The lowest BCUT2D eigenvalue weighted by molar-refractivity contribution is -0.111. The van der Waals surface area contributed by atoms with E-state index in [1.54, 1.807) is 0 Å². The van der Waals surface area contributed by atoms with E-state index in [2.05, 4.69) is 0 Å². The van der Waals surface area contributed by atoms with Crippen molar-refractivity contribution in [2.75, 3.05) is 0 Å². The van der Waals surface area contributed by atoms with Gasteiger partial charge in [-0.3, -0.25) is 4.79 Å². The first-order valence-corrected chi connectivity index (χ1v) is 4.53. The molecular formula is C9H12O2. The molecule has 11 heavy (non-hydrogen) atoms. The minimum absolute atomic E-state index is 0.445. The molecule has 60 valence electrons. The molecule has 3 rings (SSSR count). The van der Waals surface area contributed by atoms with E-state index in [9.17, 15) is 4.79 Å². The van der Waals surface area contributed by atoms with E-state index >= 15 is 0 Å². The normalized spacial score (nSPS) is 53.6. The van der Waals surface area contributed by atoms with Crippen LogP contribution in [0, 0.1) is 11.8 Å². The zero-order chi connectivity index (χ0) is 7.42. The summed E-state index contributed by atoms with van der Waals surface area (Å²) in [5.41, 5.74) is 0. The molecule has 2 heteroatoms. The van der Waals surface area contributed by atoms with Gasteiger partial charge in [-0.15, -0.1) is 0 Å². The predicted molar refractivity (Wildman–Crippen MR) is 39.1 cm³/mol. The van der Waals surface area contributed by atoms with Crippen molar-refractivity contribution in [1.82, 2.24) is 0 Å². The van der Waals surface area contributed by atoms with Crippen molar-refractivity contribution in [2.45, 2.75) is 37.9 Å². The minimum atomic E-state index is 0.445.